The fraction of sp³-hybridized carbons (Fsp3) is 0.0476. The van der Waals surface area contributed by atoms with Gasteiger partial charge in [-0.25, -0.2) is 14.4 Å². The SMILES string of the molecule is COc1cc(F)cc(Nc2nc3ccccc3nc2NSc2cccc([N+](=O)[O-])c2)c1. The fourth-order valence-corrected chi connectivity index (χ4v) is 3.50. The molecule has 1 aromatic heterocycles. The number of fused-ring (bicyclic) bond motifs is 1. The van der Waals surface area contributed by atoms with E-state index >= 15 is 0 Å². The van der Waals surface area contributed by atoms with E-state index in [4.69, 9.17) is 4.74 Å². The van der Waals surface area contributed by atoms with E-state index in [0.717, 1.165) is 11.9 Å². The van der Waals surface area contributed by atoms with Crippen molar-refractivity contribution in [3.05, 3.63) is 82.7 Å². The molecule has 3 aromatic carbocycles. The smallest absolute Gasteiger partial charge is 0.270 e. The molecule has 156 valence electrons. The second-order valence-corrected chi connectivity index (χ2v) is 7.25. The lowest BCUT2D eigenvalue weighted by Gasteiger charge is -2.13. The van der Waals surface area contributed by atoms with Crippen LogP contribution >= 0.6 is 11.9 Å². The van der Waals surface area contributed by atoms with Crippen LogP contribution in [-0.2, 0) is 0 Å². The molecule has 0 bridgehead atoms. The van der Waals surface area contributed by atoms with Gasteiger partial charge in [0.1, 0.15) is 11.6 Å². The van der Waals surface area contributed by atoms with Crippen LogP contribution in [0.3, 0.4) is 0 Å². The molecule has 0 atom stereocenters. The van der Waals surface area contributed by atoms with Crippen LogP contribution < -0.4 is 14.8 Å². The average Bonchev–Trinajstić information content (AvgIpc) is 2.77. The number of nitrogens with zero attached hydrogens (tertiary/aromatic N) is 3. The number of nitro benzene ring substituents is 1. The molecule has 0 amide bonds. The lowest BCUT2D eigenvalue weighted by Crippen LogP contribution is -2.03. The minimum atomic E-state index is -0.462. The van der Waals surface area contributed by atoms with Gasteiger partial charge in [-0.15, -0.1) is 0 Å². The molecule has 0 fully saturated rings. The van der Waals surface area contributed by atoms with Gasteiger partial charge >= 0.3 is 0 Å². The Balaban J connectivity index is 1.67. The largest absolute Gasteiger partial charge is 0.497 e. The number of benzene rings is 3. The van der Waals surface area contributed by atoms with E-state index in [-0.39, 0.29) is 5.69 Å². The maximum absolute atomic E-state index is 13.9. The Morgan fingerprint density at radius 2 is 1.74 bits per heavy atom. The Morgan fingerprint density at radius 3 is 2.45 bits per heavy atom. The molecule has 2 N–H and O–H groups in total. The predicted octanol–water partition coefficient (Wildman–Crippen LogP) is 5.55. The Hall–Kier alpha value is -3.92. The van der Waals surface area contributed by atoms with Crippen molar-refractivity contribution >= 4 is 46.0 Å². The van der Waals surface area contributed by atoms with Crippen LogP contribution in [0.1, 0.15) is 0 Å². The Morgan fingerprint density at radius 1 is 1.00 bits per heavy atom. The van der Waals surface area contributed by atoms with E-state index in [1.54, 1.807) is 18.2 Å². The number of anilines is 3. The van der Waals surface area contributed by atoms with Crippen molar-refractivity contribution in [1.29, 1.82) is 0 Å². The number of halogens is 1. The molecule has 10 heteroatoms. The van der Waals surface area contributed by atoms with Crippen molar-refractivity contribution in [3.8, 4) is 5.75 Å². The normalized spacial score (nSPS) is 10.6. The van der Waals surface area contributed by atoms with Crippen LogP contribution in [0.2, 0.25) is 0 Å². The van der Waals surface area contributed by atoms with Gasteiger partial charge in [0.2, 0.25) is 0 Å². The van der Waals surface area contributed by atoms with E-state index < -0.39 is 10.7 Å². The molecule has 0 aliphatic heterocycles. The number of ether oxygens (including phenoxy) is 1. The summed E-state index contributed by atoms with van der Waals surface area (Å²) in [5, 5.41) is 14.1. The standard InChI is InChI=1S/C21H16FN5O3S/c1-30-16-10-13(22)9-14(11-16)23-20-21(25-19-8-3-2-7-18(19)24-20)26-31-17-6-4-5-15(12-17)27(28)29/h2-12H,1H3,(H,23,24)(H,25,26). The molecule has 0 unspecified atom stereocenters. The third-order valence-corrected chi connectivity index (χ3v) is 5.02. The molecular formula is C21H16FN5O3S. The second-order valence-electron chi connectivity index (χ2n) is 6.37. The maximum Gasteiger partial charge on any atom is 0.270 e. The average molecular weight is 437 g/mol. The molecule has 0 aliphatic carbocycles. The van der Waals surface area contributed by atoms with Gasteiger partial charge in [-0.3, -0.25) is 10.1 Å². The molecule has 4 aromatic rings. The zero-order chi connectivity index (χ0) is 21.8. The first-order chi connectivity index (χ1) is 15.0. The summed E-state index contributed by atoms with van der Waals surface area (Å²) < 4.78 is 22.1. The van der Waals surface area contributed by atoms with Gasteiger partial charge in [-0.05, 0) is 36.2 Å². The molecule has 0 aliphatic rings. The molecule has 1 heterocycles. The van der Waals surface area contributed by atoms with Crippen LogP contribution in [0.15, 0.2) is 71.6 Å². The number of para-hydroxylation sites is 2. The third-order valence-electron chi connectivity index (χ3n) is 4.23. The predicted molar refractivity (Wildman–Crippen MR) is 118 cm³/mol. The summed E-state index contributed by atoms with van der Waals surface area (Å²) >= 11 is 1.15. The number of nitrogens with one attached hydrogen (secondary N) is 2. The summed E-state index contributed by atoms with van der Waals surface area (Å²) in [6.07, 6.45) is 0. The van der Waals surface area contributed by atoms with Crippen molar-refractivity contribution in [2.75, 3.05) is 17.1 Å². The number of methoxy groups -OCH3 is 1. The third kappa shape index (κ3) is 4.81. The summed E-state index contributed by atoms with van der Waals surface area (Å²) in [5.74, 6) is 0.649. The quantitative estimate of drug-likeness (QED) is 0.220. The molecule has 0 saturated heterocycles. The summed E-state index contributed by atoms with van der Waals surface area (Å²) in [6.45, 7) is 0. The van der Waals surface area contributed by atoms with Crippen LogP contribution in [0.4, 0.5) is 27.4 Å². The lowest BCUT2D eigenvalue weighted by atomic mass is 10.2. The number of hydrogen-bond donors (Lipinski definition) is 2. The lowest BCUT2D eigenvalue weighted by molar-refractivity contribution is -0.385. The molecule has 31 heavy (non-hydrogen) atoms. The first-order valence-corrected chi connectivity index (χ1v) is 9.89. The van der Waals surface area contributed by atoms with Gasteiger partial charge in [-0.1, -0.05) is 18.2 Å². The monoisotopic (exact) mass is 437 g/mol. The van der Waals surface area contributed by atoms with Gasteiger partial charge in [0.15, 0.2) is 11.6 Å². The van der Waals surface area contributed by atoms with Crippen molar-refractivity contribution in [1.82, 2.24) is 9.97 Å². The highest BCUT2D eigenvalue weighted by Gasteiger charge is 2.12. The van der Waals surface area contributed by atoms with E-state index in [0.29, 0.717) is 39.0 Å². The van der Waals surface area contributed by atoms with E-state index in [1.165, 1.54) is 31.4 Å². The Bertz CT molecular complexity index is 1270. The Labute approximate surface area is 180 Å². The van der Waals surface area contributed by atoms with E-state index in [2.05, 4.69) is 20.0 Å². The maximum atomic E-state index is 13.9. The first kappa shape index (κ1) is 20.4. The van der Waals surface area contributed by atoms with Crippen molar-refractivity contribution < 1.29 is 14.1 Å². The van der Waals surface area contributed by atoms with Gasteiger partial charge in [0.05, 0.1) is 23.1 Å². The molecule has 0 radical (unpaired) electrons. The minimum absolute atomic E-state index is 0.0124. The summed E-state index contributed by atoms with van der Waals surface area (Å²) in [7, 11) is 1.46. The molecule has 8 nitrogen and oxygen atoms in total. The molecule has 0 saturated carbocycles. The summed E-state index contributed by atoms with van der Waals surface area (Å²) in [5.41, 5.74) is 1.73. The molecular weight excluding hydrogens is 421 g/mol. The van der Waals surface area contributed by atoms with E-state index in [1.807, 2.05) is 24.3 Å². The number of rotatable bonds is 7. The van der Waals surface area contributed by atoms with Gasteiger partial charge < -0.3 is 14.8 Å². The van der Waals surface area contributed by atoms with Crippen LogP contribution in [-0.4, -0.2) is 22.0 Å². The van der Waals surface area contributed by atoms with Gasteiger partial charge in [0.25, 0.3) is 5.69 Å². The number of hydrogen-bond acceptors (Lipinski definition) is 8. The Kier molecular flexibility index (Phi) is 5.80. The van der Waals surface area contributed by atoms with Crippen molar-refractivity contribution in [2.24, 2.45) is 0 Å². The van der Waals surface area contributed by atoms with Gasteiger partial charge in [0, 0.05) is 34.8 Å². The van der Waals surface area contributed by atoms with Crippen LogP contribution in [0.5, 0.6) is 5.75 Å². The summed E-state index contributed by atoms with van der Waals surface area (Å²) in [6, 6.07) is 17.8. The number of nitro groups is 1. The molecule has 0 spiro atoms. The minimum Gasteiger partial charge on any atom is -0.497 e. The van der Waals surface area contributed by atoms with Crippen LogP contribution in [0.25, 0.3) is 11.0 Å². The van der Waals surface area contributed by atoms with E-state index in [9.17, 15) is 14.5 Å². The fourth-order valence-electron chi connectivity index (χ4n) is 2.82. The first-order valence-electron chi connectivity index (χ1n) is 9.07. The highest BCUT2D eigenvalue weighted by molar-refractivity contribution is 8.00. The zero-order valence-corrected chi connectivity index (χ0v) is 17.0. The zero-order valence-electron chi connectivity index (χ0n) is 16.2. The highest BCUT2D eigenvalue weighted by Crippen LogP contribution is 2.31. The topological polar surface area (TPSA) is 102 Å². The number of aromatic nitrogens is 2. The second kappa shape index (κ2) is 8.84. The van der Waals surface area contributed by atoms with Gasteiger partial charge in [-0.2, -0.15) is 0 Å². The van der Waals surface area contributed by atoms with Crippen molar-refractivity contribution in [3.63, 3.8) is 0 Å². The summed E-state index contributed by atoms with van der Waals surface area (Å²) in [4.78, 5) is 20.4. The van der Waals surface area contributed by atoms with Crippen LogP contribution in [0, 0.1) is 15.9 Å². The van der Waals surface area contributed by atoms with Crippen molar-refractivity contribution in [2.45, 2.75) is 4.90 Å². The highest BCUT2D eigenvalue weighted by atomic mass is 32.2. The number of non-ortho nitro benzene ring substituents is 1. The molecule has 4 rings (SSSR count).